The zero-order valence-electron chi connectivity index (χ0n) is 15.3. The Morgan fingerprint density at radius 3 is 2.23 bits per heavy atom. The summed E-state index contributed by atoms with van der Waals surface area (Å²) < 4.78 is 5.86. The lowest BCUT2D eigenvalue weighted by Crippen LogP contribution is -2.52. The number of ether oxygens (including phenoxy) is 1. The van der Waals surface area contributed by atoms with Crippen molar-refractivity contribution < 1.29 is 19.1 Å². The lowest BCUT2D eigenvalue weighted by molar-refractivity contribution is -0.131. The Hall–Kier alpha value is -2.09. The van der Waals surface area contributed by atoms with E-state index in [9.17, 15) is 14.4 Å². The molecule has 1 N–H and O–H groups in total. The molecule has 2 rings (SSSR count). The van der Waals surface area contributed by atoms with Crippen LogP contribution in [0, 0.1) is 0 Å². The Bertz CT molecular complexity index is 679. The van der Waals surface area contributed by atoms with Gasteiger partial charge in [-0.1, -0.05) is 12.1 Å². The highest BCUT2D eigenvalue weighted by Crippen LogP contribution is 2.18. The van der Waals surface area contributed by atoms with E-state index in [1.807, 2.05) is 18.2 Å². The summed E-state index contributed by atoms with van der Waals surface area (Å²) in [7, 11) is 0. The molecule has 1 aliphatic rings. The molecule has 1 heterocycles. The topological polar surface area (TPSA) is 79.0 Å². The van der Waals surface area contributed by atoms with Gasteiger partial charge in [0, 0.05) is 30.7 Å². The molecule has 1 fully saturated rings. The molecule has 0 saturated carbocycles. The van der Waals surface area contributed by atoms with Gasteiger partial charge in [0.05, 0.1) is 5.56 Å². The maximum absolute atomic E-state index is 12.6. The number of nitrogens with one attached hydrogen (secondary N) is 1. The molecule has 1 aromatic carbocycles. The summed E-state index contributed by atoms with van der Waals surface area (Å²) in [5.41, 5.74) is 0.00374. The fourth-order valence-electron chi connectivity index (χ4n) is 2.54. The minimum atomic E-state index is -0.617. The molecule has 26 heavy (non-hydrogen) atoms. The number of hydrogen-bond donors (Lipinski definition) is 1. The predicted octanol–water partition coefficient (Wildman–Crippen LogP) is 2.26. The van der Waals surface area contributed by atoms with Gasteiger partial charge in [0.1, 0.15) is 12.1 Å². The molecule has 1 aliphatic heterocycles. The molecule has 0 aromatic heterocycles. The summed E-state index contributed by atoms with van der Waals surface area (Å²) in [6.07, 6.45) is -0.617. The third-order valence-corrected chi connectivity index (χ3v) is 4.50. The average molecular weight is 426 g/mol. The van der Waals surface area contributed by atoms with Crippen LogP contribution in [0.15, 0.2) is 28.7 Å². The molecule has 0 atom stereocenters. The standard InChI is InChI=1S/C18H24BrN3O4/c1-18(2,3)26-17(25)20-12-15(23)21-8-10-22(11-9-21)16(24)13-6-4-5-7-14(13)19/h4-7H,8-12H2,1-3H3,(H,20,25). The van der Waals surface area contributed by atoms with Crippen LogP contribution in [-0.4, -0.2) is 66.0 Å². The van der Waals surface area contributed by atoms with E-state index < -0.39 is 11.7 Å². The quantitative estimate of drug-likeness (QED) is 0.805. The number of nitrogens with zero attached hydrogens (tertiary/aromatic N) is 2. The summed E-state index contributed by atoms with van der Waals surface area (Å²) >= 11 is 3.39. The number of piperazine rings is 1. The van der Waals surface area contributed by atoms with E-state index in [0.29, 0.717) is 31.7 Å². The minimum Gasteiger partial charge on any atom is -0.444 e. The van der Waals surface area contributed by atoms with Gasteiger partial charge in [-0.2, -0.15) is 0 Å². The molecule has 3 amide bonds. The van der Waals surface area contributed by atoms with Gasteiger partial charge < -0.3 is 19.9 Å². The second kappa shape index (κ2) is 8.53. The zero-order chi connectivity index (χ0) is 19.3. The van der Waals surface area contributed by atoms with Crippen LogP contribution in [0.25, 0.3) is 0 Å². The molecule has 0 radical (unpaired) electrons. The number of halogens is 1. The molecule has 0 spiro atoms. The average Bonchev–Trinajstić information content (AvgIpc) is 2.58. The van der Waals surface area contributed by atoms with Crippen LogP contribution < -0.4 is 5.32 Å². The van der Waals surface area contributed by atoms with Crippen LogP contribution in [0.3, 0.4) is 0 Å². The van der Waals surface area contributed by atoms with Crippen molar-refractivity contribution in [3.05, 3.63) is 34.3 Å². The Kier molecular flexibility index (Phi) is 6.63. The normalized spacial score (nSPS) is 14.8. The van der Waals surface area contributed by atoms with Gasteiger partial charge in [-0.3, -0.25) is 9.59 Å². The van der Waals surface area contributed by atoms with Crippen molar-refractivity contribution in [2.24, 2.45) is 0 Å². The summed E-state index contributed by atoms with van der Waals surface area (Å²) in [4.78, 5) is 39.8. The van der Waals surface area contributed by atoms with Crippen molar-refractivity contribution in [2.45, 2.75) is 26.4 Å². The van der Waals surface area contributed by atoms with E-state index in [1.165, 1.54) is 0 Å². The number of amides is 3. The van der Waals surface area contributed by atoms with Crippen LogP contribution >= 0.6 is 15.9 Å². The molecular weight excluding hydrogens is 402 g/mol. The lowest BCUT2D eigenvalue weighted by atomic mass is 10.2. The van der Waals surface area contributed by atoms with Crippen molar-refractivity contribution in [3.8, 4) is 0 Å². The number of carbonyl (C=O) groups excluding carboxylic acids is 3. The van der Waals surface area contributed by atoms with E-state index >= 15 is 0 Å². The van der Waals surface area contributed by atoms with E-state index in [1.54, 1.807) is 36.6 Å². The van der Waals surface area contributed by atoms with Gasteiger partial charge >= 0.3 is 6.09 Å². The molecule has 7 nitrogen and oxygen atoms in total. The lowest BCUT2D eigenvalue weighted by Gasteiger charge is -2.35. The summed E-state index contributed by atoms with van der Waals surface area (Å²) in [6.45, 7) is 6.95. The van der Waals surface area contributed by atoms with Gasteiger partial charge in [0.15, 0.2) is 0 Å². The Morgan fingerprint density at radius 2 is 1.65 bits per heavy atom. The smallest absolute Gasteiger partial charge is 0.408 e. The maximum Gasteiger partial charge on any atom is 0.408 e. The second-order valence-corrected chi connectivity index (χ2v) is 7.86. The first kappa shape index (κ1) is 20.2. The van der Waals surface area contributed by atoms with Crippen molar-refractivity contribution in [2.75, 3.05) is 32.7 Å². The Morgan fingerprint density at radius 1 is 1.08 bits per heavy atom. The van der Waals surface area contributed by atoms with Crippen LogP contribution in [0.4, 0.5) is 4.79 Å². The van der Waals surface area contributed by atoms with Crippen LogP contribution in [0.5, 0.6) is 0 Å². The Balaban J connectivity index is 1.81. The van der Waals surface area contributed by atoms with E-state index in [0.717, 1.165) is 4.47 Å². The Labute approximate surface area is 161 Å². The number of rotatable bonds is 3. The minimum absolute atomic E-state index is 0.0588. The molecule has 0 aliphatic carbocycles. The first-order valence-corrected chi connectivity index (χ1v) is 9.25. The third kappa shape index (κ3) is 5.72. The first-order chi connectivity index (χ1) is 12.2. The van der Waals surface area contributed by atoms with Gasteiger partial charge in [-0.25, -0.2) is 4.79 Å². The molecule has 1 aromatic rings. The van der Waals surface area contributed by atoms with Crippen molar-refractivity contribution in [1.82, 2.24) is 15.1 Å². The summed E-state index contributed by atoms with van der Waals surface area (Å²) in [5, 5.41) is 2.46. The predicted molar refractivity (Wildman–Crippen MR) is 101 cm³/mol. The number of benzene rings is 1. The highest BCUT2D eigenvalue weighted by atomic mass is 79.9. The molecule has 0 unspecified atom stereocenters. The summed E-state index contributed by atoms with van der Waals surface area (Å²) in [5.74, 6) is -0.250. The molecule has 8 heteroatoms. The monoisotopic (exact) mass is 425 g/mol. The second-order valence-electron chi connectivity index (χ2n) is 7.01. The van der Waals surface area contributed by atoms with E-state index in [2.05, 4.69) is 21.2 Å². The largest absolute Gasteiger partial charge is 0.444 e. The van der Waals surface area contributed by atoms with Crippen molar-refractivity contribution in [3.63, 3.8) is 0 Å². The number of carbonyl (C=O) groups is 3. The van der Waals surface area contributed by atoms with Gasteiger partial charge in [-0.05, 0) is 48.8 Å². The zero-order valence-corrected chi connectivity index (χ0v) is 16.8. The number of hydrogen-bond acceptors (Lipinski definition) is 4. The maximum atomic E-state index is 12.6. The number of alkyl carbamates (subject to hydrolysis) is 1. The fourth-order valence-corrected chi connectivity index (χ4v) is 2.99. The van der Waals surface area contributed by atoms with Crippen molar-refractivity contribution in [1.29, 1.82) is 0 Å². The SMILES string of the molecule is CC(C)(C)OC(=O)NCC(=O)N1CCN(C(=O)c2ccccc2Br)CC1. The first-order valence-electron chi connectivity index (χ1n) is 8.46. The van der Waals surface area contributed by atoms with Gasteiger partial charge in [-0.15, -0.1) is 0 Å². The highest BCUT2D eigenvalue weighted by Gasteiger charge is 2.26. The molecule has 142 valence electrons. The van der Waals surface area contributed by atoms with E-state index in [4.69, 9.17) is 4.74 Å². The van der Waals surface area contributed by atoms with E-state index in [-0.39, 0.29) is 18.4 Å². The van der Waals surface area contributed by atoms with Crippen LogP contribution in [0.1, 0.15) is 31.1 Å². The molecule has 0 bridgehead atoms. The fraction of sp³-hybridized carbons (Fsp3) is 0.500. The highest BCUT2D eigenvalue weighted by molar-refractivity contribution is 9.10. The molecule has 1 saturated heterocycles. The van der Waals surface area contributed by atoms with Gasteiger partial charge in [0.25, 0.3) is 5.91 Å². The van der Waals surface area contributed by atoms with Crippen LogP contribution in [-0.2, 0) is 9.53 Å². The third-order valence-electron chi connectivity index (χ3n) is 3.81. The van der Waals surface area contributed by atoms with Gasteiger partial charge in [0.2, 0.25) is 5.91 Å². The molecular formula is C18H24BrN3O4. The van der Waals surface area contributed by atoms with Crippen LogP contribution in [0.2, 0.25) is 0 Å². The van der Waals surface area contributed by atoms with Crippen molar-refractivity contribution >= 4 is 33.8 Å². The summed E-state index contributed by atoms with van der Waals surface area (Å²) in [6, 6.07) is 7.28.